The monoisotopic (exact) mass is 341 g/mol. The number of amides is 1. The van der Waals surface area contributed by atoms with Crippen molar-refractivity contribution in [2.75, 3.05) is 13.1 Å². The van der Waals surface area contributed by atoms with Crippen molar-refractivity contribution in [2.45, 2.75) is 25.3 Å². The summed E-state index contributed by atoms with van der Waals surface area (Å²) >= 11 is 8.99. The summed E-state index contributed by atoms with van der Waals surface area (Å²) in [5, 5.41) is 9.23. The molecule has 4 nitrogen and oxygen atoms in total. The average molecular weight is 342 g/mol. The van der Waals surface area contributed by atoms with Crippen LogP contribution in [-0.2, 0) is 11.2 Å². The van der Waals surface area contributed by atoms with Gasteiger partial charge >= 0.3 is 0 Å². The third-order valence-corrected chi connectivity index (χ3v) is 5.63. The molecule has 1 amide bonds. The first-order chi connectivity index (χ1) is 10.2. The van der Waals surface area contributed by atoms with Crippen molar-refractivity contribution in [3.63, 3.8) is 0 Å². The highest BCUT2D eigenvalue weighted by Crippen LogP contribution is 2.32. The van der Waals surface area contributed by atoms with E-state index in [2.05, 4.69) is 15.6 Å². The van der Waals surface area contributed by atoms with Gasteiger partial charge in [0, 0.05) is 18.0 Å². The van der Waals surface area contributed by atoms with Crippen molar-refractivity contribution in [3.8, 4) is 9.88 Å². The van der Waals surface area contributed by atoms with Gasteiger partial charge < -0.3 is 10.6 Å². The molecular weight excluding hydrogens is 326 g/mol. The minimum atomic E-state index is 0.0461. The molecule has 2 aromatic rings. The highest BCUT2D eigenvalue weighted by Gasteiger charge is 2.16. The molecule has 1 unspecified atom stereocenters. The Kier molecular flexibility index (Phi) is 4.90. The van der Waals surface area contributed by atoms with E-state index in [0.29, 0.717) is 6.42 Å². The number of hydrogen-bond acceptors (Lipinski definition) is 5. The van der Waals surface area contributed by atoms with E-state index in [1.165, 1.54) is 11.3 Å². The number of aromatic nitrogens is 1. The summed E-state index contributed by atoms with van der Waals surface area (Å²) < 4.78 is 0.754. The van der Waals surface area contributed by atoms with Crippen LogP contribution in [0.1, 0.15) is 18.5 Å². The van der Waals surface area contributed by atoms with Crippen LogP contribution in [0.2, 0.25) is 4.34 Å². The smallest absolute Gasteiger partial charge is 0.226 e. The van der Waals surface area contributed by atoms with E-state index in [0.717, 1.165) is 45.8 Å². The second-order valence-electron chi connectivity index (χ2n) is 5.04. The van der Waals surface area contributed by atoms with Crippen LogP contribution in [0.15, 0.2) is 17.5 Å². The molecule has 1 fully saturated rings. The third-order valence-electron chi connectivity index (χ3n) is 3.34. The van der Waals surface area contributed by atoms with E-state index in [-0.39, 0.29) is 11.9 Å². The van der Waals surface area contributed by atoms with Crippen molar-refractivity contribution >= 4 is 40.2 Å². The first kappa shape index (κ1) is 15.0. The van der Waals surface area contributed by atoms with E-state index < -0.39 is 0 Å². The fraction of sp³-hybridized carbons (Fsp3) is 0.429. The van der Waals surface area contributed by atoms with Gasteiger partial charge in [0.05, 0.1) is 21.3 Å². The third kappa shape index (κ3) is 4.03. The van der Waals surface area contributed by atoms with Gasteiger partial charge in [-0.3, -0.25) is 4.79 Å². The maximum atomic E-state index is 12.0. The number of nitrogens with zero attached hydrogens (tertiary/aromatic N) is 1. The lowest BCUT2D eigenvalue weighted by Gasteiger charge is -2.23. The highest BCUT2D eigenvalue weighted by molar-refractivity contribution is 7.23. The zero-order chi connectivity index (χ0) is 14.7. The molecule has 3 rings (SSSR count). The van der Waals surface area contributed by atoms with E-state index >= 15 is 0 Å². The molecule has 3 heterocycles. The molecule has 1 atom stereocenters. The Balaban J connectivity index is 1.57. The lowest BCUT2D eigenvalue weighted by molar-refractivity contribution is -0.121. The van der Waals surface area contributed by atoms with Crippen LogP contribution >= 0.6 is 34.3 Å². The molecule has 7 heteroatoms. The standard InChI is InChI=1S/C14H16ClN3OS2/c15-12-4-3-11(21-12)14-18-10(8-20-14)6-13(19)17-9-2-1-5-16-7-9/h3-4,8-9,16H,1-2,5-7H2,(H,17,19). The topological polar surface area (TPSA) is 54.0 Å². The number of thiophene rings is 1. The Bertz CT molecular complexity index is 619. The van der Waals surface area contributed by atoms with Crippen molar-refractivity contribution in [1.82, 2.24) is 15.6 Å². The highest BCUT2D eigenvalue weighted by atomic mass is 35.5. The fourth-order valence-corrected chi connectivity index (χ4v) is 4.28. The maximum absolute atomic E-state index is 12.0. The van der Waals surface area contributed by atoms with Gasteiger partial charge in [0.25, 0.3) is 0 Å². The SMILES string of the molecule is O=C(Cc1csc(-c2ccc(Cl)s2)n1)NC1CCCNC1. The first-order valence-electron chi connectivity index (χ1n) is 6.91. The van der Waals surface area contributed by atoms with E-state index in [1.54, 1.807) is 11.3 Å². The quantitative estimate of drug-likeness (QED) is 0.899. The number of halogens is 1. The fourth-order valence-electron chi connectivity index (χ4n) is 2.35. The summed E-state index contributed by atoms with van der Waals surface area (Å²) in [4.78, 5) is 17.6. The Hall–Kier alpha value is -0.950. The van der Waals surface area contributed by atoms with E-state index in [4.69, 9.17) is 11.6 Å². The van der Waals surface area contributed by atoms with Gasteiger partial charge in [0.2, 0.25) is 5.91 Å². The number of hydrogen-bond donors (Lipinski definition) is 2. The van der Waals surface area contributed by atoms with Crippen molar-refractivity contribution in [1.29, 1.82) is 0 Å². The summed E-state index contributed by atoms with van der Waals surface area (Å²) in [6.07, 6.45) is 2.51. The Morgan fingerprint density at radius 3 is 3.14 bits per heavy atom. The second kappa shape index (κ2) is 6.87. The van der Waals surface area contributed by atoms with Crippen LogP contribution in [0.5, 0.6) is 0 Å². The minimum absolute atomic E-state index is 0.0461. The average Bonchev–Trinajstić information content (AvgIpc) is 3.09. The predicted octanol–water partition coefficient (Wildman–Crippen LogP) is 2.94. The Morgan fingerprint density at radius 2 is 2.43 bits per heavy atom. The van der Waals surface area contributed by atoms with Crippen LogP contribution in [0.4, 0.5) is 0 Å². The van der Waals surface area contributed by atoms with Crippen LogP contribution < -0.4 is 10.6 Å². The van der Waals surface area contributed by atoms with Crippen LogP contribution in [0, 0.1) is 0 Å². The molecule has 0 saturated carbocycles. The Morgan fingerprint density at radius 1 is 1.52 bits per heavy atom. The molecule has 1 aliphatic heterocycles. The van der Waals surface area contributed by atoms with Gasteiger partial charge in [-0.25, -0.2) is 4.98 Å². The number of rotatable bonds is 4. The number of carbonyl (C=O) groups excluding carboxylic acids is 1. The lowest BCUT2D eigenvalue weighted by Crippen LogP contribution is -2.46. The van der Waals surface area contributed by atoms with Gasteiger partial charge in [0.15, 0.2) is 0 Å². The number of carbonyl (C=O) groups is 1. The van der Waals surface area contributed by atoms with E-state index in [1.807, 2.05) is 17.5 Å². The Labute approximate surface area is 136 Å². The summed E-state index contributed by atoms with van der Waals surface area (Å²) in [6.45, 7) is 1.91. The predicted molar refractivity (Wildman–Crippen MR) is 88.2 cm³/mol. The normalized spacial score (nSPS) is 18.6. The molecule has 2 N–H and O–H groups in total. The zero-order valence-corrected chi connectivity index (χ0v) is 13.8. The van der Waals surface area contributed by atoms with Gasteiger partial charge in [-0.1, -0.05) is 11.6 Å². The summed E-state index contributed by atoms with van der Waals surface area (Å²) in [7, 11) is 0. The number of piperidine rings is 1. The van der Waals surface area contributed by atoms with Crippen LogP contribution in [0.3, 0.4) is 0 Å². The molecule has 0 aliphatic carbocycles. The molecule has 0 aromatic carbocycles. The molecule has 1 saturated heterocycles. The lowest BCUT2D eigenvalue weighted by atomic mass is 10.1. The molecule has 0 spiro atoms. The zero-order valence-electron chi connectivity index (χ0n) is 11.4. The summed E-state index contributed by atoms with van der Waals surface area (Å²) in [5.74, 6) is 0.0461. The van der Waals surface area contributed by atoms with Crippen molar-refractivity contribution < 1.29 is 4.79 Å². The van der Waals surface area contributed by atoms with Crippen molar-refractivity contribution in [3.05, 3.63) is 27.5 Å². The molecular formula is C14H16ClN3OS2. The summed E-state index contributed by atoms with van der Waals surface area (Å²) in [5.41, 5.74) is 0.820. The molecule has 21 heavy (non-hydrogen) atoms. The van der Waals surface area contributed by atoms with E-state index in [9.17, 15) is 4.79 Å². The van der Waals surface area contributed by atoms with Gasteiger partial charge in [0.1, 0.15) is 5.01 Å². The maximum Gasteiger partial charge on any atom is 0.226 e. The molecule has 0 bridgehead atoms. The molecule has 0 radical (unpaired) electrons. The van der Waals surface area contributed by atoms with Crippen LogP contribution in [0.25, 0.3) is 9.88 Å². The molecule has 2 aromatic heterocycles. The molecule has 1 aliphatic rings. The number of thiazole rings is 1. The number of nitrogens with one attached hydrogen (secondary N) is 2. The summed E-state index contributed by atoms with van der Waals surface area (Å²) in [6, 6.07) is 4.08. The van der Waals surface area contributed by atoms with Crippen LogP contribution in [-0.4, -0.2) is 30.0 Å². The second-order valence-corrected chi connectivity index (χ2v) is 7.61. The van der Waals surface area contributed by atoms with Crippen molar-refractivity contribution in [2.24, 2.45) is 0 Å². The largest absolute Gasteiger partial charge is 0.352 e. The van der Waals surface area contributed by atoms with Gasteiger partial charge in [-0.2, -0.15) is 0 Å². The molecule has 112 valence electrons. The van der Waals surface area contributed by atoms with Gasteiger partial charge in [-0.05, 0) is 31.5 Å². The minimum Gasteiger partial charge on any atom is -0.352 e. The first-order valence-corrected chi connectivity index (χ1v) is 8.98. The van der Waals surface area contributed by atoms with Gasteiger partial charge in [-0.15, -0.1) is 22.7 Å².